The Morgan fingerprint density at radius 3 is 1.73 bits per heavy atom. The predicted molar refractivity (Wildman–Crippen MR) is 128 cm³/mol. The Morgan fingerprint density at radius 1 is 0.727 bits per heavy atom. The molecule has 5 rings (SSSR count). The van der Waals surface area contributed by atoms with Gasteiger partial charge in [0.05, 0.1) is 11.8 Å². The van der Waals surface area contributed by atoms with Crippen LogP contribution in [0.15, 0.2) is 102 Å². The number of halogens is 1. The van der Waals surface area contributed by atoms with Gasteiger partial charge in [-0.05, 0) is 29.3 Å². The molecule has 33 heavy (non-hydrogen) atoms. The maximum absolute atomic E-state index is 13.6. The van der Waals surface area contributed by atoms with Gasteiger partial charge in [0, 0.05) is 21.9 Å². The van der Waals surface area contributed by atoms with Gasteiger partial charge in [-0.1, -0.05) is 94.8 Å². The van der Waals surface area contributed by atoms with Gasteiger partial charge in [-0.3, -0.25) is 19.8 Å². The molecule has 0 spiro atoms. The van der Waals surface area contributed by atoms with Gasteiger partial charge in [0.15, 0.2) is 0 Å². The summed E-state index contributed by atoms with van der Waals surface area (Å²) in [4.78, 5) is 40.0. The highest BCUT2D eigenvalue weighted by Gasteiger charge is 2.55. The molecule has 2 aliphatic rings. The van der Waals surface area contributed by atoms with E-state index in [0.717, 1.165) is 20.6 Å². The zero-order chi connectivity index (χ0) is 22.9. The topological polar surface area (TPSA) is 66.5 Å². The van der Waals surface area contributed by atoms with E-state index >= 15 is 0 Å². The molecule has 1 saturated heterocycles. The summed E-state index contributed by atoms with van der Waals surface area (Å²) in [6, 6.07) is 26.2. The first kappa shape index (κ1) is 21.3. The lowest BCUT2D eigenvalue weighted by molar-refractivity contribution is -0.142. The minimum Gasteiger partial charge on any atom is -0.272 e. The number of carbonyl (C=O) groups is 3. The maximum atomic E-state index is 13.6. The summed E-state index contributed by atoms with van der Waals surface area (Å²) in [5.41, 5.74) is 4.87. The lowest BCUT2D eigenvalue weighted by Gasteiger charge is -2.32. The Hall–Kier alpha value is -3.51. The molecule has 0 radical (unpaired) electrons. The fourth-order valence-corrected chi connectivity index (χ4v) is 5.24. The van der Waals surface area contributed by atoms with Crippen molar-refractivity contribution >= 4 is 33.7 Å². The van der Waals surface area contributed by atoms with E-state index in [1.165, 1.54) is 0 Å². The van der Waals surface area contributed by atoms with Crippen LogP contribution >= 0.6 is 15.9 Å². The van der Waals surface area contributed by atoms with Crippen LogP contribution in [-0.4, -0.2) is 22.7 Å². The fourth-order valence-electron chi connectivity index (χ4n) is 4.84. The average Bonchev–Trinajstić information content (AvgIpc) is 3.10. The van der Waals surface area contributed by atoms with Crippen molar-refractivity contribution in [1.82, 2.24) is 10.4 Å². The van der Waals surface area contributed by atoms with E-state index in [9.17, 15) is 14.4 Å². The third kappa shape index (κ3) is 3.91. The summed E-state index contributed by atoms with van der Waals surface area (Å²) >= 11 is 3.35. The number of benzene rings is 3. The summed E-state index contributed by atoms with van der Waals surface area (Å²) in [7, 11) is 0. The molecule has 3 aromatic carbocycles. The highest BCUT2D eigenvalue weighted by molar-refractivity contribution is 9.10. The first-order valence-electron chi connectivity index (χ1n) is 10.8. The summed E-state index contributed by atoms with van der Waals surface area (Å²) in [6.45, 7) is 0. The third-order valence-corrected chi connectivity index (χ3v) is 6.86. The second kappa shape index (κ2) is 8.79. The first-order chi connectivity index (χ1) is 16.0. The molecule has 1 fully saturated rings. The molecule has 6 heteroatoms. The monoisotopic (exact) mass is 500 g/mol. The molecule has 0 unspecified atom stereocenters. The Bertz CT molecular complexity index is 1170. The van der Waals surface area contributed by atoms with Crippen molar-refractivity contribution in [3.05, 3.63) is 118 Å². The van der Waals surface area contributed by atoms with Crippen LogP contribution in [0.2, 0.25) is 0 Å². The Balaban J connectivity index is 1.52. The molecule has 0 aromatic heterocycles. The molecular formula is C27H21BrN2O3. The zero-order valence-corrected chi connectivity index (χ0v) is 19.2. The van der Waals surface area contributed by atoms with Crippen LogP contribution in [-0.2, 0) is 9.59 Å². The standard InChI is InChI=1S/C27H21BrN2O3/c28-20-13-7-12-19(16-20)25(31)29-30-26(32)23-21(17-8-3-1-4-9-17)14-15-22(24(23)27(30)33)18-10-5-2-6-11-18/h1-16,21-24H,(H,29,31)/t21-,22-,23+,24+/m0/s1. The summed E-state index contributed by atoms with van der Waals surface area (Å²) in [5, 5.41) is 0.928. The number of hydrogen-bond acceptors (Lipinski definition) is 3. The SMILES string of the molecule is O=C(NN1C(=O)[C@H]2[C@H](C1=O)[C@H](c1ccccc1)C=C[C@H]2c1ccccc1)c1cccc(Br)c1. The number of hydrazine groups is 1. The zero-order valence-electron chi connectivity index (χ0n) is 17.6. The first-order valence-corrected chi connectivity index (χ1v) is 11.6. The van der Waals surface area contributed by atoms with Gasteiger partial charge in [0.25, 0.3) is 17.7 Å². The van der Waals surface area contributed by atoms with Crippen molar-refractivity contribution < 1.29 is 14.4 Å². The number of fused-ring (bicyclic) bond motifs is 1. The third-order valence-electron chi connectivity index (χ3n) is 6.37. The lowest BCUT2D eigenvalue weighted by atomic mass is 9.68. The van der Waals surface area contributed by atoms with E-state index < -0.39 is 17.7 Å². The van der Waals surface area contributed by atoms with Crippen molar-refractivity contribution in [2.75, 3.05) is 0 Å². The molecule has 4 atom stereocenters. The number of imide groups is 1. The molecule has 1 aliphatic heterocycles. The maximum Gasteiger partial charge on any atom is 0.270 e. The van der Waals surface area contributed by atoms with Crippen molar-refractivity contribution in [2.45, 2.75) is 11.8 Å². The van der Waals surface area contributed by atoms with Gasteiger partial charge >= 0.3 is 0 Å². The molecule has 1 heterocycles. The molecule has 3 aromatic rings. The van der Waals surface area contributed by atoms with Crippen molar-refractivity contribution in [1.29, 1.82) is 0 Å². The quantitative estimate of drug-likeness (QED) is 0.412. The van der Waals surface area contributed by atoms with E-state index in [4.69, 9.17) is 0 Å². The molecule has 164 valence electrons. The molecule has 1 N–H and O–H groups in total. The predicted octanol–water partition coefficient (Wildman–Crippen LogP) is 4.83. The largest absolute Gasteiger partial charge is 0.272 e. The van der Waals surface area contributed by atoms with Crippen molar-refractivity contribution in [3.8, 4) is 0 Å². The van der Waals surface area contributed by atoms with E-state index in [0.29, 0.717) is 5.56 Å². The van der Waals surface area contributed by atoms with E-state index in [1.807, 2.05) is 72.8 Å². The summed E-state index contributed by atoms with van der Waals surface area (Å²) < 4.78 is 0.736. The number of amides is 3. The van der Waals surface area contributed by atoms with Crippen molar-refractivity contribution in [3.63, 3.8) is 0 Å². The summed E-state index contributed by atoms with van der Waals surface area (Å²) in [6.07, 6.45) is 4.05. The number of allylic oxidation sites excluding steroid dienone is 2. The number of carbonyl (C=O) groups excluding carboxylic acids is 3. The van der Waals surface area contributed by atoms with Gasteiger partial charge in [0.2, 0.25) is 0 Å². The molecule has 3 amide bonds. The molecule has 0 saturated carbocycles. The molecular weight excluding hydrogens is 480 g/mol. The van der Waals surface area contributed by atoms with Gasteiger partial charge < -0.3 is 0 Å². The van der Waals surface area contributed by atoms with Crippen LogP contribution in [0.3, 0.4) is 0 Å². The number of rotatable bonds is 4. The lowest BCUT2D eigenvalue weighted by Crippen LogP contribution is -2.46. The summed E-state index contributed by atoms with van der Waals surface area (Å²) in [5.74, 6) is -2.96. The second-order valence-electron chi connectivity index (χ2n) is 8.27. The van der Waals surface area contributed by atoms with Crippen molar-refractivity contribution in [2.24, 2.45) is 11.8 Å². The van der Waals surface area contributed by atoms with Crippen LogP contribution < -0.4 is 5.43 Å². The van der Waals surface area contributed by atoms with Crippen LogP contribution in [0.25, 0.3) is 0 Å². The smallest absolute Gasteiger partial charge is 0.270 e. The Labute approximate surface area is 200 Å². The minimum absolute atomic E-state index is 0.250. The normalized spacial score (nSPS) is 24.0. The average molecular weight is 501 g/mol. The van der Waals surface area contributed by atoms with Crippen LogP contribution in [0, 0.1) is 11.8 Å². The van der Waals surface area contributed by atoms with E-state index in [2.05, 4.69) is 21.4 Å². The second-order valence-corrected chi connectivity index (χ2v) is 9.19. The minimum atomic E-state index is -0.599. The van der Waals surface area contributed by atoms with Gasteiger partial charge in [0.1, 0.15) is 0 Å². The number of nitrogens with one attached hydrogen (secondary N) is 1. The number of nitrogens with zero attached hydrogens (tertiary/aromatic N) is 1. The molecule has 5 nitrogen and oxygen atoms in total. The van der Waals surface area contributed by atoms with Crippen LogP contribution in [0.5, 0.6) is 0 Å². The highest BCUT2D eigenvalue weighted by atomic mass is 79.9. The van der Waals surface area contributed by atoms with E-state index in [-0.39, 0.29) is 23.7 Å². The molecule has 1 aliphatic carbocycles. The van der Waals surface area contributed by atoms with E-state index in [1.54, 1.807) is 24.3 Å². The van der Waals surface area contributed by atoms with Gasteiger partial charge in [-0.2, -0.15) is 5.01 Å². The van der Waals surface area contributed by atoms with Gasteiger partial charge in [-0.25, -0.2) is 0 Å². The van der Waals surface area contributed by atoms with Crippen LogP contribution in [0.1, 0.15) is 33.3 Å². The van der Waals surface area contributed by atoms with Gasteiger partial charge in [-0.15, -0.1) is 0 Å². The fraction of sp³-hybridized carbons (Fsp3) is 0.148. The highest BCUT2D eigenvalue weighted by Crippen LogP contribution is 2.48. The Kier molecular flexibility index (Phi) is 5.68. The van der Waals surface area contributed by atoms with Crippen LogP contribution in [0.4, 0.5) is 0 Å². The molecule has 0 bridgehead atoms. The number of hydrogen-bond donors (Lipinski definition) is 1. The Morgan fingerprint density at radius 2 is 1.24 bits per heavy atom.